The highest BCUT2D eigenvalue weighted by atomic mass is 32.1. The van der Waals surface area contributed by atoms with E-state index in [1.807, 2.05) is 0 Å². The molecule has 0 aliphatic carbocycles. The van der Waals surface area contributed by atoms with Crippen molar-refractivity contribution in [1.82, 2.24) is 4.90 Å². The molecular formula is C8H15NS. The van der Waals surface area contributed by atoms with Crippen molar-refractivity contribution in [2.75, 3.05) is 6.54 Å². The molecule has 0 aromatic heterocycles. The quantitative estimate of drug-likeness (QED) is 0.537. The largest absolute Gasteiger partial charge is 0.364 e. The van der Waals surface area contributed by atoms with Gasteiger partial charge >= 0.3 is 0 Å². The molecule has 1 aliphatic heterocycles. The van der Waals surface area contributed by atoms with Crippen molar-refractivity contribution in [3.63, 3.8) is 0 Å². The van der Waals surface area contributed by atoms with Gasteiger partial charge in [-0.15, -0.1) is 0 Å². The van der Waals surface area contributed by atoms with Gasteiger partial charge in [0.05, 0.1) is 4.99 Å². The third-order valence-electron chi connectivity index (χ3n) is 1.98. The average Bonchev–Trinajstić information content (AvgIpc) is 1.88. The highest BCUT2D eigenvalue weighted by Crippen LogP contribution is 2.14. The first-order chi connectivity index (χ1) is 4.72. The molecule has 58 valence electrons. The summed E-state index contributed by atoms with van der Waals surface area (Å²) in [6.45, 7) is 5.59. The lowest BCUT2D eigenvalue weighted by molar-refractivity contribution is 0.320. The second-order valence-corrected chi connectivity index (χ2v) is 3.61. The third kappa shape index (κ3) is 1.69. The minimum Gasteiger partial charge on any atom is -0.364 e. The summed E-state index contributed by atoms with van der Waals surface area (Å²) < 4.78 is 0. The van der Waals surface area contributed by atoms with Gasteiger partial charge in [0.25, 0.3) is 0 Å². The zero-order chi connectivity index (χ0) is 7.56. The molecule has 0 N–H and O–H groups in total. The van der Waals surface area contributed by atoms with Crippen LogP contribution in [0.1, 0.15) is 33.1 Å². The highest BCUT2D eigenvalue weighted by Gasteiger charge is 2.16. The lowest BCUT2D eigenvalue weighted by Gasteiger charge is -2.32. The molecule has 0 radical (unpaired) electrons. The maximum Gasteiger partial charge on any atom is 0.0781 e. The Labute approximate surface area is 68.4 Å². The number of hydrogen-bond acceptors (Lipinski definition) is 1. The van der Waals surface area contributed by atoms with Crippen LogP contribution in [-0.4, -0.2) is 22.5 Å². The van der Waals surface area contributed by atoms with E-state index in [-0.39, 0.29) is 0 Å². The van der Waals surface area contributed by atoms with Crippen molar-refractivity contribution in [2.45, 2.75) is 39.2 Å². The Morgan fingerprint density at radius 3 is 2.50 bits per heavy atom. The van der Waals surface area contributed by atoms with Crippen LogP contribution in [0.2, 0.25) is 0 Å². The highest BCUT2D eigenvalue weighted by molar-refractivity contribution is 7.80. The van der Waals surface area contributed by atoms with Crippen LogP contribution in [-0.2, 0) is 0 Å². The van der Waals surface area contributed by atoms with Crippen molar-refractivity contribution in [1.29, 1.82) is 0 Å². The topological polar surface area (TPSA) is 3.24 Å². The Morgan fingerprint density at radius 1 is 1.40 bits per heavy atom. The molecule has 1 saturated heterocycles. The maximum atomic E-state index is 5.23. The SMILES string of the molecule is CC(C)N1CCCCC1=S. The monoisotopic (exact) mass is 157 g/mol. The van der Waals surface area contributed by atoms with Gasteiger partial charge in [-0.2, -0.15) is 0 Å². The van der Waals surface area contributed by atoms with E-state index in [9.17, 15) is 0 Å². The fourth-order valence-corrected chi connectivity index (χ4v) is 1.82. The predicted molar refractivity (Wildman–Crippen MR) is 48.3 cm³/mol. The second kappa shape index (κ2) is 3.33. The van der Waals surface area contributed by atoms with Crippen molar-refractivity contribution < 1.29 is 0 Å². The fourth-order valence-electron chi connectivity index (χ4n) is 1.37. The van der Waals surface area contributed by atoms with Crippen molar-refractivity contribution >= 4 is 17.2 Å². The predicted octanol–water partition coefficient (Wildman–Crippen LogP) is 2.21. The lowest BCUT2D eigenvalue weighted by Crippen LogP contribution is -2.39. The molecule has 2 heteroatoms. The molecule has 1 fully saturated rings. The summed E-state index contributed by atoms with van der Waals surface area (Å²) in [7, 11) is 0. The van der Waals surface area contributed by atoms with E-state index < -0.39 is 0 Å². The van der Waals surface area contributed by atoms with Gasteiger partial charge < -0.3 is 4.90 Å². The standard InChI is InChI=1S/C8H15NS/c1-7(2)9-6-4-3-5-8(9)10/h7H,3-6H2,1-2H3. The van der Waals surface area contributed by atoms with Gasteiger partial charge in [-0.1, -0.05) is 12.2 Å². The van der Waals surface area contributed by atoms with E-state index in [4.69, 9.17) is 12.2 Å². The Kier molecular flexibility index (Phi) is 2.66. The smallest absolute Gasteiger partial charge is 0.0781 e. The molecule has 0 aromatic rings. The van der Waals surface area contributed by atoms with Crippen LogP contribution >= 0.6 is 12.2 Å². The molecule has 1 aliphatic rings. The van der Waals surface area contributed by atoms with Crippen LogP contribution in [0, 0.1) is 0 Å². The first-order valence-corrected chi connectivity index (χ1v) is 4.42. The molecule has 1 heterocycles. The third-order valence-corrected chi connectivity index (χ3v) is 2.42. The molecule has 0 bridgehead atoms. The fraction of sp³-hybridized carbons (Fsp3) is 0.875. The summed E-state index contributed by atoms with van der Waals surface area (Å²) in [5, 5.41) is 0. The number of nitrogens with zero attached hydrogens (tertiary/aromatic N) is 1. The summed E-state index contributed by atoms with van der Waals surface area (Å²) in [5.74, 6) is 0. The van der Waals surface area contributed by atoms with Gasteiger partial charge in [-0.25, -0.2) is 0 Å². The van der Waals surface area contributed by atoms with Crippen molar-refractivity contribution in [2.24, 2.45) is 0 Å². The Balaban J connectivity index is 2.48. The van der Waals surface area contributed by atoms with E-state index in [1.165, 1.54) is 24.4 Å². The summed E-state index contributed by atoms with van der Waals surface area (Å²) >= 11 is 5.23. The molecule has 0 unspecified atom stereocenters. The van der Waals surface area contributed by atoms with Crippen LogP contribution in [0.4, 0.5) is 0 Å². The molecule has 0 saturated carbocycles. The molecular weight excluding hydrogens is 142 g/mol. The zero-order valence-corrected chi connectivity index (χ0v) is 7.58. The minimum absolute atomic E-state index is 0.604. The number of piperidine rings is 1. The van der Waals surface area contributed by atoms with Gasteiger partial charge in [0.2, 0.25) is 0 Å². The van der Waals surface area contributed by atoms with Crippen LogP contribution in [0.25, 0.3) is 0 Å². The maximum absolute atomic E-state index is 5.23. The summed E-state index contributed by atoms with van der Waals surface area (Å²) in [6.07, 6.45) is 3.74. The molecule has 0 atom stereocenters. The normalized spacial score (nSPS) is 20.3. The number of thiocarbonyl (C=S) groups is 1. The first-order valence-electron chi connectivity index (χ1n) is 4.01. The Hall–Kier alpha value is -0.110. The van der Waals surface area contributed by atoms with E-state index in [1.54, 1.807) is 0 Å². The van der Waals surface area contributed by atoms with Crippen LogP contribution in [0.15, 0.2) is 0 Å². The molecule has 0 aromatic carbocycles. The summed E-state index contributed by atoms with van der Waals surface area (Å²) in [6, 6.07) is 0.604. The van der Waals surface area contributed by atoms with E-state index >= 15 is 0 Å². The first kappa shape index (κ1) is 7.99. The van der Waals surface area contributed by atoms with Crippen LogP contribution in [0.5, 0.6) is 0 Å². The number of likely N-dealkylation sites (tertiary alicyclic amines) is 1. The molecule has 1 nitrogen and oxygen atoms in total. The Morgan fingerprint density at radius 2 is 2.10 bits per heavy atom. The van der Waals surface area contributed by atoms with Crippen LogP contribution < -0.4 is 0 Å². The second-order valence-electron chi connectivity index (χ2n) is 3.14. The molecule has 0 spiro atoms. The van der Waals surface area contributed by atoms with Crippen molar-refractivity contribution in [3.05, 3.63) is 0 Å². The summed E-state index contributed by atoms with van der Waals surface area (Å²) in [5.41, 5.74) is 0. The molecule has 1 rings (SSSR count). The number of hydrogen-bond donors (Lipinski definition) is 0. The minimum atomic E-state index is 0.604. The van der Waals surface area contributed by atoms with E-state index in [0.717, 1.165) is 6.42 Å². The van der Waals surface area contributed by atoms with Gasteiger partial charge in [-0.3, -0.25) is 0 Å². The van der Waals surface area contributed by atoms with Gasteiger partial charge in [0.15, 0.2) is 0 Å². The van der Waals surface area contributed by atoms with Gasteiger partial charge in [0, 0.05) is 12.6 Å². The molecule has 10 heavy (non-hydrogen) atoms. The lowest BCUT2D eigenvalue weighted by atomic mass is 10.1. The van der Waals surface area contributed by atoms with Gasteiger partial charge in [-0.05, 0) is 33.1 Å². The summed E-state index contributed by atoms with van der Waals surface area (Å²) in [4.78, 5) is 3.50. The average molecular weight is 157 g/mol. The van der Waals surface area contributed by atoms with Gasteiger partial charge in [0.1, 0.15) is 0 Å². The van der Waals surface area contributed by atoms with Crippen molar-refractivity contribution in [3.8, 4) is 0 Å². The zero-order valence-electron chi connectivity index (χ0n) is 6.76. The van der Waals surface area contributed by atoms with E-state index in [2.05, 4.69) is 18.7 Å². The van der Waals surface area contributed by atoms with Crippen LogP contribution in [0.3, 0.4) is 0 Å². The number of rotatable bonds is 1. The Bertz CT molecular complexity index is 131. The molecule has 0 amide bonds. The van der Waals surface area contributed by atoms with E-state index in [0.29, 0.717) is 6.04 Å².